The van der Waals surface area contributed by atoms with Crippen molar-refractivity contribution in [1.82, 2.24) is 9.55 Å². The molecule has 1 aromatic heterocycles. The summed E-state index contributed by atoms with van der Waals surface area (Å²) in [6, 6.07) is 1.25. The minimum atomic E-state index is -5.42. The highest BCUT2D eigenvalue weighted by Gasteiger charge is 2.46. The van der Waals surface area contributed by atoms with Crippen LogP contribution in [0.5, 0.6) is 0 Å². The molecule has 0 spiro atoms. The molecule has 1 aliphatic rings. The van der Waals surface area contributed by atoms with E-state index in [0.717, 1.165) is 61.9 Å². The Labute approximate surface area is 412 Å². The van der Waals surface area contributed by atoms with E-state index in [0.29, 0.717) is 18.8 Å². The number of esters is 2. The first-order valence-electron chi connectivity index (χ1n) is 26.3. The first kappa shape index (κ1) is 62.9. The zero-order valence-corrected chi connectivity index (χ0v) is 44.3. The van der Waals surface area contributed by atoms with Gasteiger partial charge >= 0.3 is 33.3 Å². The van der Waals surface area contributed by atoms with Gasteiger partial charge in [-0.15, -0.1) is 0 Å². The van der Waals surface area contributed by atoms with E-state index in [1.807, 2.05) is 0 Å². The lowest BCUT2D eigenvalue weighted by Gasteiger charge is -2.21. The molecule has 0 bridgehead atoms. The SMILES string of the molecule is CCC(C)CCCCCCCCCCCCCCCCCCCCC(=O)OC[C@H](COP(=O)(O)OP(=O)(O)OC[C@H]1O[C@@H](n2ccc(N)nc2=O)C(O)[C@H]1O)OC(=O)CCCCCCCCC(C)C. The van der Waals surface area contributed by atoms with E-state index in [1.165, 1.54) is 121 Å². The summed E-state index contributed by atoms with van der Waals surface area (Å²) in [5.74, 6) is 0.251. The van der Waals surface area contributed by atoms with Gasteiger partial charge < -0.3 is 39.9 Å². The Bertz CT molecular complexity index is 1690. The largest absolute Gasteiger partial charge is 0.481 e. The number of nitrogen functional groups attached to an aromatic ring is 1. The van der Waals surface area contributed by atoms with Gasteiger partial charge in [0.2, 0.25) is 0 Å². The third-order valence-electron chi connectivity index (χ3n) is 12.7. The smallest absolute Gasteiger partial charge is 0.462 e. The fraction of sp³-hybridized carbons (Fsp3) is 0.878. The van der Waals surface area contributed by atoms with Crippen molar-refractivity contribution < 1.29 is 66.3 Å². The molecule has 0 radical (unpaired) electrons. The second-order valence-corrected chi connectivity index (χ2v) is 22.5. The first-order chi connectivity index (χ1) is 32.9. The average Bonchev–Trinajstić information content (AvgIpc) is 3.57. The Morgan fingerprint density at radius 1 is 0.696 bits per heavy atom. The molecular weight excluding hydrogens is 932 g/mol. The number of anilines is 1. The second kappa shape index (κ2) is 36.6. The van der Waals surface area contributed by atoms with Crippen LogP contribution in [0.15, 0.2) is 17.1 Å². The van der Waals surface area contributed by atoms with Crippen LogP contribution in [-0.2, 0) is 46.3 Å². The minimum Gasteiger partial charge on any atom is -0.462 e. The number of hydrogen-bond acceptors (Lipinski definition) is 15. The van der Waals surface area contributed by atoms with E-state index < -0.39 is 83.7 Å². The van der Waals surface area contributed by atoms with E-state index in [1.54, 1.807) is 0 Å². The van der Waals surface area contributed by atoms with Crippen molar-refractivity contribution in [2.75, 3.05) is 25.6 Å². The molecule has 8 atom stereocenters. The fourth-order valence-electron chi connectivity index (χ4n) is 8.18. The summed E-state index contributed by atoms with van der Waals surface area (Å²) in [6.07, 6.45) is 25.2. The maximum absolute atomic E-state index is 12.8. The van der Waals surface area contributed by atoms with Gasteiger partial charge in [-0.05, 0) is 30.7 Å². The zero-order valence-electron chi connectivity index (χ0n) is 42.5. The predicted octanol–water partition coefficient (Wildman–Crippen LogP) is 10.8. The molecule has 18 nitrogen and oxygen atoms in total. The molecule has 0 aliphatic carbocycles. The Balaban J connectivity index is 1.71. The fourth-order valence-corrected chi connectivity index (χ4v) is 10.3. The van der Waals surface area contributed by atoms with Crippen LogP contribution in [0.2, 0.25) is 0 Å². The van der Waals surface area contributed by atoms with Crippen molar-refractivity contribution >= 4 is 33.4 Å². The summed E-state index contributed by atoms with van der Waals surface area (Å²) in [5, 5.41) is 20.9. The Kier molecular flexibility index (Phi) is 33.4. The van der Waals surface area contributed by atoms with Crippen LogP contribution in [0, 0.1) is 11.8 Å². The van der Waals surface area contributed by atoms with Crippen molar-refractivity contribution in [1.29, 1.82) is 0 Å². The van der Waals surface area contributed by atoms with Crippen LogP contribution in [0.3, 0.4) is 0 Å². The van der Waals surface area contributed by atoms with Crippen LogP contribution in [0.4, 0.5) is 5.82 Å². The molecule has 0 amide bonds. The molecule has 1 aliphatic heterocycles. The van der Waals surface area contributed by atoms with Gasteiger partial charge in [-0.3, -0.25) is 23.2 Å². The molecule has 0 aromatic carbocycles. The van der Waals surface area contributed by atoms with Crippen molar-refractivity contribution in [2.24, 2.45) is 11.8 Å². The number of hydrogen-bond donors (Lipinski definition) is 5. The second-order valence-electron chi connectivity index (χ2n) is 19.5. The Hall–Kier alpha value is -2.24. The van der Waals surface area contributed by atoms with Crippen molar-refractivity contribution in [3.05, 3.63) is 22.7 Å². The number of nitrogens with zero attached hydrogens (tertiary/aromatic N) is 2. The number of rotatable bonds is 43. The van der Waals surface area contributed by atoms with Crippen LogP contribution >= 0.6 is 15.6 Å². The third-order valence-corrected chi connectivity index (χ3v) is 15.3. The number of nitrogens with two attached hydrogens (primary N) is 1. The maximum Gasteiger partial charge on any atom is 0.481 e. The molecule has 2 heterocycles. The highest BCUT2D eigenvalue weighted by atomic mass is 31.3. The van der Waals surface area contributed by atoms with Gasteiger partial charge in [0.15, 0.2) is 12.3 Å². The molecule has 0 saturated carbocycles. The molecular formula is C49H91N3O15P2. The van der Waals surface area contributed by atoms with E-state index in [9.17, 15) is 43.5 Å². The molecule has 402 valence electrons. The lowest BCUT2D eigenvalue weighted by atomic mass is 9.99. The lowest BCUT2D eigenvalue weighted by Crippen LogP contribution is -2.36. The number of phosphoric acid groups is 2. The number of carbonyl (C=O) groups excluding carboxylic acids is 2. The van der Waals surface area contributed by atoms with Crippen LogP contribution < -0.4 is 11.4 Å². The average molecular weight is 1020 g/mol. The van der Waals surface area contributed by atoms with Gasteiger partial charge in [-0.1, -0.05) is 188 Å². The predicted molar refractivity (Wildman–Crippen MR) is 266 cm³/mol. The van der Waals surface area contributed by atoms with Gasteiger partial charge in [0.1, 0.15) is 30.7 Å². The number of phosphoric ester groups is 2. The highest BCUT2D eigenvalue weighted by Crippen LogP contribution is 2.60. The number of ether oxygens (including phenoxy) is 3. The van der Waals surface area contributed by atoms with Crippen LogP contribution in [0.25, 0.3) is 0 Å². The summed E-state index contributed by atoms with van der Waals surface area (Å²) < 4.78 is 56.7. The molecule has 20 heteroatoms. The van der Waals surface area contributed by atoms with Gasteiger partial charge in [0.25, 0.3) is 0 Å². The standard InChI is InChI=1S/C49H91N3O15P2/c1-5-40(4)31-27-23-18-16-14-12-10-8-6-7-9-11-13-15-17-19-24-28-32-44(53)62-36-41(65-45(54)33-29-25-21-20-22-26-30-39(2)3)37-63-68(58,59)67-69(60,61)64-38-42-46(55)47(56)48(66-42)52-35-34-43(50)51-49(52)57/h34-35,39-42,46-48,55-56H,5-33,36-38H2,1-4H3,(H,58,59)(H,60,61)(H2,50,51,57)/t40?,41-,42-,46+,47?,48-/m1/s1. The van der Waals surface area contributed by atoms with Crippen molar-refractivity contribution in [2.45, 2.75) is 245 Å². The first-order valence-corrected chi connectivity index (χ1v) is 29.3. The topological polar surface area (TPSA) is 265 Å². The summed E-state index contributed by atoms with van der Waals surface area (Å²) in [4.78, 5) is 61.8. The summed E-state index contributed by atoms with van der Waals surface area (Å²) >= 11 is 0. The van der Waals surface area contributed by atoms with E-state index in [4.69, 9.17) is 29.0 Å². The van der Waals surface area contributed by atoms with Gasteiger partial charge in [-0.2, -0.15) is 9.29 Å². The monoisotopic (exact) mass is 1020 g/mol. The summed E-state index contributed by atoms with van der Waals surface area (Å²) in [7, 11) is -10.8. The molecule has 1 aromatic rings. The van der Waals surface area contributed by atoms with Crippen molar-refractivity contribution in [3.63, 3.8) is 0 Å². The number of carbonyl (C=O) groups is 2. The normalized spacial score (nSPS) is 19.8. The zero-order chi connectivity index (χ0) is 50.9. The van der Waals surface area contributed by atoms with Gasteiger partial charge in [0, 0.05) is 19.0 Å². The molecule has 2 rings (SSSR count). The quantitative estimate of drug-likeness (QED) is 0.0231. The third kappa shape index (κ3) is 30.4. The number of unbranched alkanes of at least 4 members (excludes halogenated alkanes) is 22. The van der Waals surface area contributed by atoms with E-state index in [2.05, 4.69) is 37.0 Å². The maximum atomic E-state index is 12.8. The summed E-state index contributed by atoms with van der Waals surface area (Å²) in [6.45, 7) is 6.74. The van der Waals surface area contributed by atoms with Gasteiger partial charge in [0.05, 0.1) is 13.2 Å². The number of aliphatic hydroxyl groups excluding tert-OH is 2. The number of aliphatic hydroxyl groups is 2. The van der Waals surface area contributed by atoms with E-state index >= 15 is 0 Å². The summed E-state index contributed by atoms with van der Waals surface area (Å²) in [5.41, 5.74) is 4.59. The Morgan fingerprint density at radius 2 is 1.16 bits per heavy atom. The molecule has 1 saturated heterocycles. The lowest BCUT2D eigenvalue weighted by molar-refractivity contribution is -0.161. The number of aromatic nitrogens is 2. The highest BCUT2D eigenvalue weighted by molar-refractivity contribution is 7.61. The molecule has 6 N–H and O–H groups in total. The van der Waals surface area contributed by atoms with Crippen molar-refractivity contribution in [3.8, 4) is 0 Å². The van der Waals surface area contributed by atoms with Crippen LogP contribution in [-0.4, -0.2) is 85.7 Å². The minimum absolute atomic E-state index is 0.0522. The van der Waals surface area contributed by atoms with Crippen LogP contribution in [0.1, 0.15) is 220 Å². The molecule has 4 unspecified atom stereocenters. The van der Waals surface area contributed by atoms with Gasteiger partial charge in [-0.25, -0.2) is 13.9 Å². The Morgan fingerprint density at radius 3 is 1.65 bits per heavy atom. The van der Waals surface area contributed by atoms with E-state index in [-0.39, 0.29) is 18.7 Å². The molecule has 1 fully saturated rings. The molecule has 69 heavy (non-hydrogen) atoms.